The van der Waals surface area contributed by atoms with E-state index in [2.05, 4.69) is 21.2 Å². The van der Waals surface area contributed by atoms with Gasteiger partial charge in [0.1, 0.15) is 0 Å². The molecule has 0 unspecified atom stereocenters. The molecule has 0 atom stereocenters. The molecule has 0 bridgehead atoms. The van der Waals surface area contributed by atoms with Crippen LogP contribution >= 0.6 is 15.9 Å². The average Bonchev–Trinajstić information content (AvgIpc) is 2.40. The van der Waals surface area contributed by atoms with Crippen molar-refractivity contribution in [3.63, 3.8) is 0 Å². The van der Waals surface area contributed by atoms with Crippen LogP contribution in [-0.4, -0.2) is 35.1 Å². The molecule has 2 amide bonds. The monoisotopic (exact) mass is 354 g/mol. The van der Waals surface area contributed by atoms with Crippen molar-refractivity contribution >= 4 is 33.6 Å². The van der Waals surface area contributed by atoms with Crippen LogP contribution in [0.3, 0.4) is 0 Å². The van der Waals surface area contributed by atoms with Gasteiger partial charge in [0, 0.05) is 17.6 Å². The van der Waals surface area contributed by atoms with Crippen LogP contribution < -0.4 is 5.32 Å². The third-order valence-corrected chi connectivity index (χ3v) is 4.28. The highest BCUT2D eigenvalue weighted by Gasteiger charge is 2.19. The Labute approximate surface area is 132 Å². The Morgan fingerprint density at radius 2 is 1.71 bits per heavy atom. The Balaban J connectivity index is 2.13. The van der Waals surface area contributed by atoms with Crippen molar-refractivity contribution in [3.8, 4) is 0 Å². The van der Waals surface area contributed by atoms with Gasteiger partial charge in [-0.15, -0.1) is 0 Å². The molecule has 1 heterocycles. The summed E-state index contributed by atoms with van der Waals surface area (Å²) in [6.07, 6.45) is 5.49. The molecule has 1 aliphatic heterocycles. The van der Waals surface area contributed by atoms with Gasteiger partial charge in [-0.3, -0.25) is 0 Å². The number of benzene rings is 1. The molecule has 0 radical (unpaired) electrons. The Morgan fingerprint density at radius 3 is 2.33 bits per heavy atom. The van der Waals surface area contributed by atoms with Crippen molar-refractivity contribution in [2.24, 2.45) is 0 Å². The van der Waals surface area contributed by atoms with Gasteiger partial charge in [0.25, 0.3) is 0 Å². The number of hydrogen-bond acceptors (Lipinski definition) is 2. The molecule has 0 saturated carbocycles. The number of carbonyl (C=O) groups is 2. The van der Waals surface area contributed by atoms with Crippen LogP contribution in [0, 0.1) is 0 Å². The van der Waals surface area contributed by atoms with E-state index >= 15 is 0 Å². The van der Waals surface area contributed by atoms with Crippen LogP contribution in [0.5, 0.6) is 0 Å². The zero-order valence-electron chi connectivity index (χ0n) is 11.8. The number of carbonyl (C=O) groups excluding carboxylic acids is 1. The van der Waals surface area contributed by atoms with Crippen LogP contribution in [0.25, 0.3) is 0 Å². The first-order valence-corrected chi connectivity index (χ1v) is 7.96. The lowest BCUT2D eigenvalue weighted by Crippen LogP contribution is -2.37. The van der Waals surface area contributed by atoms with Crippen LogP contribution in [0.4, 0.5) is 10.5 Å². The maximum Gasteiger partial charge on any atom is 0.337 e. The SMILES string of the molecule is O=C(O)c1cccc(Br)c1NC(=O)N1CCCCCCC1. The van der Waals surface area contributed by atoms with E-state index in [-0.39, 0.29) is 11.6 Å². The van der Waals surface area contributed by atoms with E-state index in [1.807, 2.05) is 0 Å². The van der Waals surface area contributed by atoms with Gasteiger partial charge in [-0.2, -0.15) is 0 Å². The third-order valence-electron chi connectivity index (χ3n) is 3.62. The van der Waals surface area contributed by atoms with Crippen LogP contribution in [0.1, 0.15) is 42.5 Å². The molecule has 0 aliphatic carbocycles. The highest BCUT2D eigenvalue weighted by atomic mass is 79.9. The van der Waals surface area contributed by atoms with Crippen molar-refractivity contribution in [1.29, 1.82) is 0 Å². The van der Waals surface area contributed by atoms with E-state index < -0.39 is 5.97 Å². The number of rotatable bonds is 2. The lowest BCUT2D eigenvalue weighted by Gasteiger charge is -2.25. The predicted molar refractivity (Wildman–Crippen MR) is 84.8 cm³/mol. The lowest BCUT2D eigenvalue weighted by atomic mass is 10.1. The fourth-order valence-electron chi connectivity index (χ4n) is 2.47. The second-order valence-electron chi connectivity index (χ2n) is 5.15. The Kier molecular flexibility index (Phi) is 5.61. The molecule has 2 N–H and O–H groups in total. The van der Waals surface area contributed by atoms with Gasteiger partial charge in [0.15, 0.2) is 0 Å². The van der Waals surface area contributed by atoms with E-state index in [4.69, 9.17) is 0 Å². The van der Waals surface area contributed by atoms with Crippen molar-refractivity contribution in [1.82, 2.24) is 4.90 Å². The standard InChI is InChI=1S/C15H19BrN2O3/c16-12-8-6-7-11(14(19)20)13(12)17-15(21)18-9-4-2-1-3-5-10-18/h6-8H,1-5,9-10H2,(H,17,21)(H,19,20). The molecular formula is C15H19BrN2O3. The highest BCUT2D eigenvalue weighted by molar-refractivity contribution is 9.10. The summed E-state index contributed by atoms with van der Waals surface area (Å²) in [6, 6.07) is 4.61. The zero-order chi connectivity index (χ0) is 15.2. The summed E-state index contributed by atoms with van der Waals surface area (Å²) < 4.78 is 0.572. The van der Waals surface area contributed by atoms with Crippen molar-refractivity contribution in [3.05, 3.63) is 28.2 Å². The Bertz CT molecular complexity index is 526. The molecule has 1 aromatic carbocycles. The first-order chi connectivity index (χ1) is 10.1. The molecule has 1 aliphatic rings. The average molecular weight is 355 g/mol. The first kappa shape index (κ1) is 15.8. The number of aromatic carboxylic acids is 1. The van der Waals surface area contributed by atoms with Crippen LogP contribution in [0.15, 0.2) is 22.7 Å². The van der Waals surface area contributed by atoms with E-state index in [0.717, 1.165) is 38.8 Å². The summed E-state index contributed by atoms with van der Waals surface area (Å²) in [6.45, 7) is 1.44. The smallest absolute Gasteiger partial charge is 0.337 e. The summed E-state index contributed by atoms with van der Waals surface area (Å²) in [5.74, 6) is -1.06. The van der Waals surface area contributed by atoms with E-state index in [1.165, 1.54) is 12.5 Å². The largest absolute Gasteiger partial charge is 0.478 e. The molecule has 2 rings (SSSR count). The normalized spacial score (nSPS) is 16.0. The van der Waals surface area contributed by atoms with Gasteiger partial charge >= 0.3 is 12.0 Å². The van der Waals surface area contributed by atoms with Gasteiger partial charge < -0.3 is 15.3 Å². The minimum atomic E-state index is -1.06. The molecule has 0 aromatic heterocycles. The number of anilines is 1. The van der Waals surface area contributed by atoms with Crippen molar-refractivity contribution < 1.29 is 14.7 Å². The van der Waals surface area contributed by atoms with Gasteiger partial charge in [-0.1, -0.05) is 25.3 Å². The minimum Gasteiger partial charge on any atom is -0.478 e. The van der Waals surface area contributed by atoms with Gasteiger partial charge in [-0.05, 0) is 40.9 Å². The van der Waals surface area contributed by atoms with Gasteiger partial charge in [0.2, 0.25) is 0 Å². The molecule has 114 valence electrons. The zero-order valence-corrected chi connectivity index (χ0v) is 13.4. The highest BCUT2D eigenvalue weighted by Crippen LogP contribution is 2.27. The second kappa shape index (κ2) is 7.45. The number of likely N-dealkylation sites (tertiary alicyclic amines) is 1. The number of para-hydroxylation sites is 1. The molecule has 1 aromatic rings. The number of amides is 2. The maximum absolute atomic E-state index is 12.4. The fraction of sp³-hybridized carbons (Fsp3) is 0.467. The summed E-state index contributed by atoms with van der Waals surface area (Å²) in [4.78, 5) is 25.4. The topological polar surface area (TPSA) is 69.6 Å². The Hall–Kier alpha value is -1.56. The molecule has 6 heteroatoms. The van der Waals surface area contributed by atoms with Crippen LogP contribution in [-0.2, 0) is 0 Å². The number of nitrogens with one attached hydrogen (secondary N) is 1. The summed E-state index contributed by atoms with van der Waals surface area (Å²) >= 11 is 3.30. The van der Waals surface area contributed by atoms with Crippen molar-refractivity contribution in [2.45, 2.75) is 32.1 Å². The van der Waals surface area contributed by atoms with Gasteiger partial charge in [-0.25, -0.2) is 9.59 Å². The number of urea groups is 1. The number of halogens is 1. The number of hydrogen-bond donors (Lipinski definition) is 2. The third kappa shape index (κ3) is 4.20. The second-order valence-corrected chi connectivity index (χ2v) is 6.01. The fourth-order valence-corrected chi connectivity index (χ4v) is 2.93. The number of carboxylic acids is 1. The molecule has 1 fully saturated rings. The number of carboxylic acid groups (broad SMARTS) is 1. The summed E-state index contributed by atoms with van der Waals surface area (Å²) in [7, 11) is 0. The summed E-state index contributed by atoms with van der Waals surface area (Å²) in [5, 5.41) is 11.9. The van der Waals surface area contributed by atoms with Crippen molar-refractivity contribution in [2.75, 3.05) is 18.4 Å². The Morgan fingerprint density at radius 1 is 1.10 bits per heavy atom. The predicted octanol–water partition coefficient (Wildman–Crippen LogP) is 3.95. The quantitative estimate of drug-likeness (QED) is 0.844. The lowest BCUT2D eigenvalue weighted by molar-refractivity contribution is 0.0698. The minimum absolute atomic E-state index is 0.0877. The first-order valence-electron chi connectivity index (χ1n) is 7.17. The molecule has 0 spiro atoms. The van der Waals surface area contributed by atoms with Crippen LogP contribution in [0.2, 0.25) is 0 Å². The van der Waals surface area contributed by atoms with E-state index in [9.17, 15) is 14.7 Å². The van der Waals surface area contributed by atoms with E-state index in [0.29, 0.717) is 10.2 Å². The molecule has 21 heavy (non-hydrogen) atoms. The van der Waals surface area contributed by atoms with E-state index in [1.54, 1.807) is 17.0 Å². The molecule has 5 nitrogen and oxygen atoms in total. The number of nitrogens with zero attached hydrogens (tertiary/aromatic N) is 1. The summed E-state index contributed by atoms with van der Waals surface area (Å²) in [5.41, 5.74) is 0.404. The maximum atomic E-state index is 12.4. The molecular weight excluding hydrogens is 336 g/mol. The van der Waals surface area contributed by atoms with Gasteiger partial charge in [0.05, 0.1) is 11.3 Å². The molecule has 1 saturated heterocycles.